The topological polar surface area (TPSA) is 76.1 Å². The summed E-state index contributed by atoms with van der Waals surface area (Å²) in [6.45, 7) is 0.0891. The molecule has 2 aromatic rings. The summed E-state index contributed by atoms with van der Waals surface area (Å²) in [5.41, 5.74) is 1.59. The number of hydrogen-bond donors (Lipinski definition) is 1. The van der Waals surface area contributed by atoms with E-state index in [1.165, 1.54) is 16.7 Å². The number of aliphatic carboxylic acids is 1. The number of carbonyl (C=O) groups is 2. The highest BCUT2D eigenvalue weighted by atomic mass is 32.2. The van der Waals surface area contributed by atoms with Gasteiger partial charge in [0.05, 0.1) is 7.11 Å². The van der Waals surface area contributed by atoms with Crippen molar-refractivity contribution in [3.05, 3.63) is 65.7 Å². The lowest BCUT2D eigenvalue weighted by Gasteiger charge is -2.27. The zero-order valence-electron chi connectivity index (χ0n) is 14.2. The number of methoxy groups -OCH3 is 1. The molecule has 6 nitrogen and oxygen atoms in total. The standard InChI is InChI=1S/C19H19NO5S/c1-24-16-10-6-5-9-14(16)17-20(15(12-26-17)18(21)22)19(23)25-11-13-7-3-2-4-8-13/h2-10,15,17H,11-12H2,1H3,(H,21,22). The summed E-state index contributed by atoms with van der Waals surface area (Å²) in [6.07, 6.45) is -0.651. The van der Waals surface area contributed by atoms with Crippen molar-refractivity contribution >= 4 is 23.8 Å². The normalized spacial score (nSPS) is 19.2. The minimum absolute atomic E-state index is 0.0891. The lowest BCUT2D eigenvalue weighted by Crippen LogP contribution is -2.43. The van der Waals surface area contributed by atoms with Gasteiger partial charge in [-0.3, -0.25) is 4.90 Å². The Hall–Kier alpha value is -2.67. The molecule has 2 aromatic carbocycles. The molecule has 0 radical (unpaired) electrons. The van der Waals surface area contributed by atoms with Gasteiger partial charge in [-0.05, 0) is 11.6 Å². The van der Waals surface area contributed by atoms with Crippen LogP contribution in [0.25, 0.3) is 0 Å². The summed E-state index contributed by atoms with van der Waals surface area (Å²) in [5.74, 6) is -0.151. The van der Waals surface area contributed by atoms with Crippen LogP contribution in [0.2, 0.25) is 0 Å². The van der Waals surface area contributed by atoms with Crippen molar-refractivity contribution < 1.29 is 24.2 Å². The Kier molecular flexibility index (Phi) is 5.68. The monoisotopic (exact) mass is 373 g/mol. The number of ether oxygens (including phenoxy) is 2. The fourth-order valence-corrected chi connectivity index (χ4v) is 4.26. The first-order valence-corrected chi connectivity index (χ1v) is 9.13. The molecule has 7 heteroatoms. The van der Waals surface area contributed by atoms with Crippen LogP contribution in [0.5, 0.6) is 5.75 Å². The van der Waals surface area contributed by atoms with Crippen LogP contribution in [-0.2, 0) is 16.1 Å². The molecule has 26 heavy (non-hydrogen) atoms. The summed E-state index contributed by atoms with van der Waals surface area (Å²) < 4.78 is 10.8. The van der Waals surface area contributed by atoms with E-state index in [9.17, 15) is 14.7 Å². The predicted molar refractivity (Wildman–Crippen MR) is 98.1 cm³/mol. The average molecular weight is 373 g/mol. The molecule has 0 aliphatic carbocycles. The zero-order valence-corrected chi connectivity index (χ0v) is 15.0. The first kappa shape index (κ1) is 18.1. The Morgan fingerprint density at radius 2 is 1.85 bits per heavy atom. The van der Waals surface area contributed by atoms with Gasteiger partial charge >= 0.3 is 12.1 Å². The molecule has 1 heterocycles. The van der Waals surface area contributed by atoms with E-state index >= 15 is 0 Å². The van der Waals surface area contributed by atoms with Crippen molar-refractivity contribution in [2.24, 2.45) is 0 Å². The van der Waals surface area contributed by atoms with E-state index < -0.39 is 23.5 Å². The van der Waals surface area contributed by atoms with E-state index in [0.717, 1.165) is 11.1 Å². The second-order valence-electron chi connectivity index (χ2n) is 5.73. The van der Waals surface area contributed by atoms with Crippen molar-refractivity contribution in [1.29, 1.82) is 0 Å². The number of benzene rings is 2. The van der Waals surface area contributed by atoms with Crippen LogP contribution in [-0.4, -0.2) is 41.0 Å². The Balaban J connectivity index is 1.83. The fraction of sp³-hybridized carbons (Fsp3) is 0.263. The molecule has 0 bridgehead atoms. The third-order valence-electron chi connectivity index (χ3n) is 4.11. The molecule has 136 valence electrons. The van der Waals surface area contributed by atoms with Gasteiger partial charge in [0, 0.05) is 11.3 Å². The third-order valence-corrected chi connectivity index (χ3v) is 5.41. The van der Waals surface area contributed by atoms with Gasteiger partial charge in [-0.2, -0.15) is 0 Å². The van der Waals surface area contributed by atoms with Crippen molar-refractivity contribution in [1.82, 2.24) is 4.90 Å². The van der Waals surface area contributed by atoms with Crippen LogP contribution >= 0.6 is 11.8 Å². The number of amides is 1. The smallest absolute Gasteiger partial charge is 0.412 e. The van der Waals surface area contributed by atoms with Crippen LogP contribution in [0.15, 0.2) is 54.6 Å². The van der Waals surface area contributed by atoms with Gasteiger partial charge in [0.2, 0.25) is 0 Å². The second-order valence-corrected chi connectivity index (χ2v) is 6.84. The van der Waals surface area contributed by atoms with Gasteiger partial charge in [-0.1, -0.05) is 48.5 Å². The summed E-state index contributed by atoms with van der Waals surface area (Å²) in [5, 5.41) is 9.04. The number of thioether (sulfide) groups is 1. The summed E-state index contributed by atoms with van der Waals surface area (Å²) in [4.78, 5) is 25.6. The van der Waals surface area contributed by atoms with Crippen molar-refractivity contribution in [3.8, 4) is 5.75 Å². The van der Waals surface area contributed by atoms with E-state index in [4.69, 9.17) is 9.47 Å². The van der Waals surface area contributed by atoms with Gasteiger partial charge in [-0.15, -0.1) is 11.8 Å². The number of para-hydroxylation sites is 1. The molecule has 1 aliphatic heterocycles. The maximum Gasteiger partial charge on any atom is 0.412 e. The molecular formula is C19H19NO5S. The molecule has 0 saturated carbocycles. The van der Waals surface area contributed by atoms with E-state index in [2.05, 4.69) is 0 Å². The molecule has 1 saturated heterocycles. The van der Waals surface area contributed by atoms with Crippen molar-refractivity contribution in [2.45, 2.75) is 18.0 Å². The summed E-state index contributed by atoms with van der Waals surface area (Å²) in [7, 11) is 1.55. The zero-order chi connectivity index (χ0) is 18.5. The first-order chi connectivity index (χ1) is 12.6. The molecule has 2 unspecified atom stereocenters. The highest BCUT2D eigenvalue weighted by Gasteiger charge is 2.44. The minimum atomic E-state index is -1.05. The first-order valence-electron chi connectivity index (χ1n) is 8.08. The minimum Gasteiger partial charge on any atom is -0.496 e. The number of rotatable bonds is 5. The van der Waals surface area contributed by atoms with E-state index in [1.54, 1.807) is 13.2 Å². The SMILES string of the molecule is COc1ccccc1C1SCC(C(=O)O)N1C(=O)OCc1ccccc1. The summed E-state index contributed by atoms with van der Waals surface area (Å²) >= 11 is 1.38. The lowest BCUT2D eigenvalue weighted by molar-refractivity contribution is -0.141. The molecule has 0 aromatic heterocycles. The van der Waals surface area contributed by atoms with Crippen LogP contribution in [0, 0.1) is 0 Å². The van der Waals surface area contributed by atoms with E-state index in [-0.39, 0.29) is 6.61 Å². The van der Waals surface area contributed by atoms with E-state index in [1.807, 2.05) is 48.5 Å². The van der Waals surface area contributed by atoms with Crippen LogP contribution < -0.4 is 4.74 Å². The number of nitrogens with zero attached hydrogens (tertiary/aromatic N) is 1. The molecular weight excluding hydrogens is 354 g/mol. The van der Waals surface area contributed by atoms with Crippen LogP contribution in [0.4, 0.5) is 4.79 Å². The number of carboxylic acids is 1. The highest BCUT2D eigenvalue weighted by molar-refractivity contribution is 7.99. The summed E-state index contributed by atoms with van der Waals surface area (Å²) in [6, 6.07) is 15.6. The molecule has 0 spiro atoms. The molecule has 3 rings (SSSR count). The quantitative estimate of drug-likeness (QED) is 0.864. The molecule has 2 atom stereocenters. The van der Waals surface area contributed by atoms with Gasteiger partial charge < -0.3 is 14.6 Å². The number of carboxylic acid groups (broad SMARTS) is 1. The average Bonchev–Trinajstić information content (AvgIpc) is 3.12. The Labute approximate surface area is 155 Å². The third kappa shape index (κ3) is 3.77. The largest absolute Gasteiger partial charge is 0.496 e. The Bertz CT molecular complexity index is 783. The Morgan fingerprint density at radius 3 is 2.54 bits per heavy atom. The van der Waals surface area contributed by atoms with Gasteiger partial charge in [0.1, 0.15) is 23.8 Å². The fourth-order valence-electron chi connectivity index (χ4n) is 2.82. The maximum absolute atomic E-state index is 12.7. The highest BCUT2D eigenvalue weighted by Crippen LogP contribution is 2.44. The van der Waals surface area contributed by atoms with Crippen molar-refractivity contribution in [2.75, 3.05) is 12.9 Å². The lowest BCUT2D eigenvalue weighted by atomic mass is 10.1. The molecule has 1 aliphatic rings. The maximum atomic E-state index is 12.7. The number of carbonyl (C=O) groups excluding carboxylic acids is 1. The molecule has 1 fully saturated rings. The van der Waals surface area contributed by atoms with Gasteiger partial charge in [0.15, 0.2) is 0 Å². The van der Waals surface area contributed by atoms with Crippen LogP contribution in [0.3, 0.4) is 0 Å². The molecule has 1 amide bonds. The van der Waals surface area contributed by atoms with E-state index in [0.29, 0.717) is 11.5 Å². The second kappa shape index (κ2) is 8.14. The van der Waals surface area contributed by atoms with Gasteiger partial charge in [-0.25, -0.2) is 9.59 Å². The Morgan fingerprint density at radius 1 is 1.15 bits per heavy atom. The van der Waals surface area contributed by atoms with Gasteiger partial charge in [0.25, 0.3) is 0 Å². The number of hydrogen-bond acceptors (Lipinski definition) is 5. The van der Waals surface area contributed by atoms with Crippen molar-refractivity contribution in [3.63, 3.8) is 0 Å². The predicted octanol–water partition coefficient (Wildman–Crippen LogP) is 3.53. The van der Waals surface area contributed by atoms with Crippen LogP contribution in [0.1, 0.15) is 16.5 Å². The molecule has 1 N–H and O–H groups in total.